The van der Waals surface area contributed by atoms with Gasteiger partial charge in [0, 0.05) is 4.88 Å². The zero-order valence-electron chi connectivity index (χ0n) is 14.2. The first-order valence-corrected chi connectivity index (χ1v) is 9.44. The van der Waals surface area contributed by atoms with Gasteiger partial charge in [0.2, 0.25) is 0 Å². The fourth-order valence-corrected chi connectivity index (χ4v) is 4.22. The van der Waals surface area contributed by atoms with E-state index in [2.05, 4.69) is 5.32 Å². The highest BCUT2D eigenvalue weighted by molar-refractivity contribution is 7.14. The smallest absolute Gasteiger partial charge is 0.348 e. The normalized spacial score (nSPS) is 17.5. The highest BCUT2D eigenvalue weighted by atomic mass is 32.1. The van der Waals surface area contributed by atoms with Crippen molar-refractivity contribution < 1.29 is 23.8 Å². The van der Waals surface area contributed by atoms with Gasteiger partial charge in [-0.25, -0.2) is 4.79 Å². The minimum absolute atomic E-state index is 0.273. The van der Waals surface area contributed by atoms with E-state index in [1.54, 1.807) is 0 Å². The van der Waals surface area contributed by atoms with Gasteiger partial charge in [0.25, 0.3) is 5.91 Å². The number of ether oxygens (including phenoxy) is 3. The van der Waals surface area contributed by atoms with Crippen LogP contribution in [0.5, 0.6) is 11.5 Å². The molecule has 1 N–H and O–H groups in total. The van der Waals surface area contributed by atoms with E-state index in [0.29, 0.717) is 23.0 Å². The Morgan fingerprint density at radius 1 is 1.23 bits per heavy atom. The van der Waals surface area contributed by atoms with Crippen molar-refractivity contribution in [3.05, 3.63) is 45.6 Å². The third-order valence-corrected chi connectivity index (χ3v) is 5.59. The maximum absolute atomic E-state index is 12.1. The summed E-state index contributed by atoms with van der Waals surface area (Å²) in [7, 11) is 0. The predicted octanol–water partition coefficient (Wildman–Crippen LogP) is 2.35. The van der Waals surface area contributed by atoms with Gasteiger partial charge >= 0.3 is 5.97 Å². The molecule has 0 spiro atoms. The number of hydrogen-bond donors (Lipinski definition) is 1. The number of thiophene rings is 1. The molecule has 1 aromatic heterocycles. The summed E-state index contributed by atoms with van der Waals surface area (Å²) in [4.78, 5) is 25.8. The summed E-state index contributed by atoms with van der Waals surface area (Å²) in [6.07, 6.45) is 2.92. The van der Waals surface area contributed by atoms with Crippen LogP contribution in [0.3, 0.4) is 0 Å². The molecule has 1 aliphatic carbocycles. The third-order valence-electron chi connectivity index (χ3n) is 4.38. The first-order valence-electron chi connectivity index (χ1n) is 8.63. The van der Waals surface area contributed by atoms with Crippen molar-refractivity contribution in [2.45, 2.75) is 25.4 Å². The van der Waals surface area contributed by atoms with E-state index in [0.717, 1.165) is 19.3 Å². The number of hydrogen-bond acceptors (Lipinski definition) is 6. The molecule has 1 aliphatic heterocycles. The Morgan fingerprint density at radius 3 is 2.92 bits per heavy atom. The van der Waals surface area contributed by atoms with E-state index < -0.39 is 5.97 Å². The molecule has 1 atom stereocenters. The summed E-state index contributed by atoms with van der Waals surface area (Å²) in [5, 5.41) is 2.71. The van der Waals surface area contributed by atoms with E-state index in [4.69, 9.17) is 14.2 Å². The molecule has 0 bridgehead atoms. The Bertz CT molecular complexity index is 810. The molecule has 6 nitrogen and oxygen atoms in total. The number of rotatable bonds is 5. The maximum Gasteiger partial charge on any atom is 0.348 e. The van der Waals surface area contributed by atoms with Crippen LogP contribution in [0.1, 0.15) is 26.5 Å². The average molecular weight is 373 g/mol. The first kappa shape index (κ1) is 16.9. The lowest BCUT2D eigenvalue weighted by Gasteiger charge is -2.26. The molecule has 2 aromatic rings. The highest BCUT2D eigenvalue weighted by Gasteiger charge is 2.22. The molecule has 0 fully saturated rings. The molecule has 2 heterocycles. The Balaban J connectivity index is 1.21. The molecule has 1 unspecified atom stereocenters. The van der Waals surface area contributed by atoms with Gasteiger partial charge in [-0.3, -0.25) is 4.79 Å². The summed E-state index contributed by atoms with van der Waals surface area (Å²) in [5.74, 6) is 0.567. The largest absolute Gasteiger partial charge is 0.486 e. The van der Waals surface area contributed by atoms with Crippen LogP contribution >= 0.6 is 11.3 Å². The number of benzene rings is 1. The van der Waals surface area contributed by atoms with Gasteiger partial charge in [0.15, 0.2) is 18.1 Å². The molecule has 136 valence electrons. The van der Waals surface area contributed by atoms with Gasteiger partial charge in [-0.2, -0.15) is 0 Å². The third kappa shape index (κ3) is 3.67. The van der Waals surface area contributed by atoms with Crippen molar-refractivity contribution in [1.82, 2.24) is 5.32 Å². The standard InChI is InChI=1S/C19H19NO5S/c21-18(11-24-19(22)17-8-12-4-3-7-16(12)26-17)20-9-13-10-23-14-5-1-2-6-15(14)25-13/h1-2,5-6,8,13H,3-4,7,9-11H2,(H,20,21). The number of aryl methyl sites for hydroxylation is 2. The van der Waals surface area contributed by atoms with Crippen LogP contribution in [0.15, 0.2) is 30.3 Å². The number of amides is 1. The van der Waals surface area contributed by atoms with Gasteiger partial charge in [-0.1, -0.05) is 12.1 Å². The highest BCUT2D eigenvalue weighted by Crippen LogP contribution is 2.31. The Kier molecular flexibility index (Phi) is 4.79. The lowest BCUT2D eigenvalue weighted by atomic mass is 10.2. The number of fused-ring (bicyclic) bond motifs is 2. The maximum atomic E-state index is 12.1. The topological polar surface area (TPSA) is 73.9 Å². The number of nitrogens with one attached hydrogen (secondary N) is 1. The fraction of sp³-hybridized carbons (Fsp3) is 0.368. The summed E-state index contributed by atoms with van der Waals surface area (Å²) >= 11 is 1.47. The number of carbonyl (C=O) groups is 2. The van der Waals surface area contributed by atoms with Gasteiger partial charge in [0.1, 0.15) is 17.6 Å². The molecule has 1 aromatic carbocycles. The van der Waals surface area contributed by atoms with Crippen molar-refractivity contribution in [2.75, 3.05) is 19.8 Å². The van der Waals surface area contributed by atoms with Crippen LogP contribution in [0.4, 0.5) is 0 Å². The molecule has 0 saturated heterocycles. The van der Waals surface area contributed by atoms with Crippen molar-refractivity contribution in [3.8, 4) is 11.5 Å². The summed E-state index contributed by atoms with van der Waals surface area (Å²) in [6.45, 7) is 0.349. The monoisotopic (exact) mass is 373 g/mol. The fourth-order valence-electron chi connectivity index (χ4n) is 3.07. The van der Waals surface area contributed by atoms with Crippen LogP contribution in [0, 0.1) is 0 Å². The van der Waals surface area contributed by atoms with Crippen molar-refractivity contribution in [2.24, 2.45) is 0 Å². The molecular weight excluding hydrogens is 354 g/mol. The second-order valence-corrected chi connectivity index (χ2v) is 7.43. The van der Waals surface area contributed by atoms with Gasteiger partial charge < -0.3 is 19.5 Å². The van der Waals surface area contributed by atoms with Crippen LogP contribution in [0.2, 0.25) is 0 Å². The molecular formula is C19H19NO5S. The number of carbonyl (C=O) groups excluding carboxylic acids is 2. The Hall–Kier alpha value is -2.54. The quantitative estimate of drug-likeness (QED) is 0.815. The molecule has 26 heavy (non-hydrogen) atoms. The summed E-state index contributed by atoms with van der Waals surface area (Å²) in [6, 6.07) is 9.29. The van der Waals surface area contributed by atoms with Crippen molar-refractivity contribution >= 4 is 23.2 Å². The first-order chi connectivity index (χ1) is 12.7. The Morgan fingerprint density at radius 2 is 2.08 bits per heavy atom. The minimum atomic E-state index is -0.439. The van der Waals surface area contributed by atoms with E-state index in [9.17, 15) is 9.59 Å². The molecule has 0 saturated carbocycles. The molecule has 4 rings (SSSR count). The van der Waals surface area contributed by atoms with Crippen molar-refractivity contribution in [1.29, 1.82) is 0 Å². The van der Waals surface area contributed by atoms with Crippen LogP contribution in [-0.2, 0) is 22.4 Å². The van der Waals surface area contributed by atoms with E-state index in [1.165, 1.54) is 21.8 Å². The predicted molar refractivity (Wildman–Crippen MR) is 96.0 cm³/mol. The minimum Gasteiger partial charge on any atom is -0.486 e. The number of para-hydroxylation sites is 2. The zero-order valence-corrected chi connectivity index (χ0v) is 15.0. The Labute approximate surface area is 155 Å². The summed E-state index contributed by atoms with van der Waals surface area (Å²) < 4.78 is 16.5. The lowest BCUT2D eigenvalue weighted by Crippen LogP contribution is -2.42. The van der Waals surface area contributed by atoms with Gasteiger partial charge in [-0.15, -0.1) is 11.3 Å². The summed E-state index contributed by atoms with van der Waals surface area (Å²) in [5.41, 5.74) is 1.24. The van der Waals surface area contributed by atoms with E-state index >= 15 is 0 Å². The molecule has 2 aliphatic rings. The molecule has 1 amide bonds. The van der Waals surface area contributed by atoms with Crippen molar-refractivity contribution in [3.63, 3.8) is 0 Å². The van der Waals surface area contributed by atoms with Gasteiger partial charge in [0.05, 0.1) is 6.54 Å². The van der Waals surface area contributed by atoms with Crippen LogP contribution < -0.4 is 14.8 Å². The SMILES string of the molecule is O=C(COC(=O)c1cc2c(s1)CCC2)NCC1COc2ccccc2O1. The molecule has 7 heteroatoms. The van der Waals surface area contributed by atoms with Crippen LogP contribution in [-0.4, -0.2) is 37.7 Å². The van der Waals surface area contributed by atoms with Gasteiger partial charge in [-0.05, 0) is 43.0 Å². The second-order valence-electron chi connectivity index (χ2n) is 6.29. The number of esters is 1. The van der Waals surface area contributed by atoms with E-state index in [-0.39, 0.29) is 25.2 Å². The van der Waals surface area contributed by atoms with Crippen LogP contribution in [0.25, 0.3) is 0 Å². The van der Waals surface area contributed by atoms with E-state index in [1.807, 2.05) is 30.3 Å². The second kappa shape index (κ2) is 7.37. The molecule has 0 radical (unpaired) electrons. The average Bonchev–Trinajstić information content (AvgIpc) is 3.26. The lowest BCUT2D eigenvalue weighted by molar-refractivity contribution is -0.124. The zero-order chi connectivity index (χ0) is 17.9.